The summed E-state index contributed by atoms with van der Waals surface area (Å²) in [6.45, 7) is 0. The Morgan fingerprint density at radius 2 is 1.25 bits per heavy atom. The first-order chi connectivity index (χ1) is 11.5. The van der Waals surface area contributed by atoms with E-state index in [2.05, 4.69) is 10.6 Å². The van der Waals surface area contributed by atoms with Crippen LogP contribution in [0, 0.1) is 0 Å². The van der Waals surface area contributed by atoms with E-state index in [0.29, 0.717) is 24.3 Å². The maximum Gasteiger partial charge on any atom is 0.329 e. The number of carbonyl (C=O) groups excluding carboxylic acids is 4. The van der Waals surface area contributed by atoms with Gasteiger partial charge in [-0.3, -0.25) is 9.59 Å². The third kappa shape index (κ3) is 7.43. The minimum absolute atomic E-state index is 0.221. The van der Waals surface area contributed by atoms with Crippen molar-refractivity contribution in [3.63, 3.8) is 0 Å². The Kier molecular flexibility index (Phi) is 9.62. The van der Waals surface area contributed by atoms with Crippen LogP contribution in [0.15, 0.2) is 0 Å². The molecule has 8 nitrogen and oxygen atoms in total. The highest BCUT2D eigenvalue weighted by Gasteiger charge is 2.25. The third-order valence-corrected chi connectivity index (χ3v) is 5.67. The molecule has 1 saturated heterocycles. The van der Waals surface area contributed by atoms with E-state index in [1.807, 2.05) is 0 Å². The molecular weight excluding hydrogens is 356 g/mol. The van der Waals surface area contributed by atoms with Crippen LogP contribution in [0.3, 0.4) is 0 Å². The van der Waals surface area contributed by atoms with Crippen LogP contribution in [0.25, 0.3) is 0 Å². The van der Waals surface area contributed by atoms with Crippen LogP contribution in [0.2, 0.25) is 0 Å². The quantitative estimate of drug-likeness (QED) is 0.520. The van der Waals surface area contributed by atoms with Gasteiger partial charge in [-0.1, -0.05) is 21.6 Å². The molecule has 0 unspecified atom stereocenters. The summed E-state index contributed by atoms with van der Waals surface area (Å²) < 4.78 is 9.38. The molecule has 2 atom stereocenters. The minimum atomic E-state index is -0.742. The maximum atomic E-state index is 11.8. The number of rotatable bonds is 2. The highest BCUT2D eigenvalue weighted by Crippen LogP contribution is 2.24. The molecule has 2 N–H and O–H groups in total. The van der Waals surface area contributed by atoms with Gasteiger partial charge in [0.2, 0.25) is 11.8 Å². The van der Waals surface area contributed by atoms with Gasteiger partial charge in [0.05, 0.1) is 14.2 Å². The second-order valence-electron chi connectivity index (χ2n) is 5.06. The Morgan fingerprint density at radius 1 is 0.875 bits per heavy atom. The van der Waals surface area contributed by atoms with Gasteiger partial charge in [-0.15, -0.1) is 0 Å². The monoisotopic (exact) mass is 378 g/mol. The molecule has 0 aromatic rings. The van der Waals surface area contributed by atoms with Crippen molar-refractivity contribution in [2.75, 3.05) is 25.7 Å². The summed E-state index contributed by atoms with van der Waals surface area (Å²) >= 11 is 0. The summed E-state index contributed by atoms with van der Waals surface area (Å²) in [6, 6.07) is -1.48. The standard InChI is InChI=1S/C14H22N2O6S2/c1-21-13(19)9-7-23-24-8-10(14(20)22-2)16-12(18)6-4-3-5-11(17)15-9/h9-10H,3-8H2,1-2H3,(H,15,17)(H,16,18)/t9-,10-/m0/s1. The van der Waals surface area contributed by atoms with Gasteiger partial charge in [0.15, 0.2) is 0 Å². The molecule has 24 heavy (non-hydrogen) atoms. The smallest absolute Gasteiger partial charge is 0.329 e. The Bertz CT molecular complexity index is 432. The number of hydrogen-bond acceptors (Lipinski definition) is 8. The minimum Gasteiger partial charge on any atom is -0.467 e. The van der Waals surface area contributed by atoms with Crippen molar-refractivity contribution in [2.45, 2.75) is 37.8 Å². The lowest BCUT2D eigenvalue weighted by molar-refractivity contribution is -0.144. The van der Waals surface area contributed by atoms with E-state index >= 15 is 0 Å². The van der Waals surface area contributed by atoms with E-state index in [4.69, 9.17) is 9.47 Å². The molecule has 0 aromatic heterocycles. The number of hydrogen-bond donors (Lipinski definition) is 2. The topological polar surface area (TPSA) is 111 Å². The number of ether oxygens (including phenoxy) is 2. The molecule has 1 aliphatic rings. The molecule has 0 spiro atoms. The van der Waals surface area contributed by atoms with Crippen LogP contribution in [0.5, 0.6) is 0 Å². The van der Waals surface area contributed by atoms with Crippen LogP contribution < -0.4 is 10.6 Å². The summed E-state index contributed by atoms with van der Waals surface area (Å²) in [5.74, 6) is -0.930. The lowest BCUT2D eigenvalue weighted by atomic mass is 10.1. The summed E-state index contributed by atoms with van der Waals surface area (Å²) in [7, 11) is 5.15. The molecule has 1 rings (SSSR count). The van der Waals surface area contributed by atoms with E-state index in [9.17, 15) is 19.2 Å². The molecule has 0 saturated carbocycles. The number of amides is 2. The number of esters is 2. The second kappa shape index (κ2) is 11.2. The van der Waals surface area contributed by atoms with E-state index in [1.165, 1.54) is 35.8 Å². The third-order valence-electron chi connectivity index (χ3n) is 3.25. The average Bonchev–Trinajstić information content (AvgIpc) is 2.58. The van der Waals surface area contributed by atoms with Crippen molar-refractivity contribution >= 4 is 45.3 Å². The molecule has 1 heterocycles. The number of nitrogens with one attached hydrogen (secondary N) is 2. The van der Waals surface area contributed by atoms with Crippen LogP contribution in [-0.4, -0.2) is 61.6 Å². The van der Waals surface area contributed by atoms with Gasteiger partial charge in [-0.05, 0) is 12.8 Å². The Labute approximate surface area is 148 Å². The fourth-order valence-corrected chi connectivity index (χ4v) is 4.26. The van der Waals surface area contributed by atoms with Crippen molar-refractivity contribution in [1.29, 1.82) is 0 Å². The lowest BCUT2D eigenvalue weighted by Crippen LogP contribution is -2.44. The van der Waals surface area contributed by atoms with Crippen LogP contribution >= 0.6 is 21.6 Å². The average molecular weight is 378 g/mol. The highest BCUT2D eigenvalue weighted by atomic mass is 33.1. The van der Waals surface area contributed by atoms with E-state index < -0.39 is 24.0 Å². The fraction of sp³-hybridized carbons (Fsp3) is 0.714. The van der Waals surface area contributed by atoms with Crippen LogP contribution in [0.4, 0.5) is 0 Å². The predicted octanol–water partition coefficient (Wildman–Crippen LogP) is 0.257. The van der Waals surface area contributed by atoms with Crippen LogP contribution in [-0.2, 0) is 28.7 Å². The second-order valence-corrected chi connectivity index (χ2v) is 7.61. The van der Waals surface area contributed by atoms with Gasteiger partial charge in [-0.2, -0.15) is 0 Å². The van der Waals surface area contributed by atoms with Crippen molar-refractivity contribution in [2.24, 2.45) is 0 Å². The highest BCUT2D eigenvalue weighted by molar-refractivity contribution is 8.76. The first-order valence-corrected chi connectivity index (χ1v) is 9.95. The first-order valence-electron chi connectivity index (χ1n) is 7.46. The zero-order chi connectivity index (χ0) is 17.9. The zero-order valence-electron chi connectivity index (χ0n) is 13.7. The molecule has 0 aromatic carbocycles. The van der Waals surface area contributed by atoms with Crippen molar-refractivity contribution < 1.29 is 28.7 Å². The lowest BCUT2D eigenvalue weighted by Gasteiger charge is -2.19. The predicted molar refractivity (Wildman–Crippen MR) is 91.3 cm³/mol. The first kappa shape index (κ1) is 20.6. The number of methoxy groups -OCH3 is 2. The molecular formula is C14H22N2O6S2. The molecule has 1 aliphatic heterocycles. The summed E-state index contributed by atoms with van der Waals surface area (Å²) in [5.41, 5.74) is 0. The van der Waals surface area contributed by atoms with Crippen LogP contribution in [0.1, 0.15) is 25.7 Å². The van der Waals surface area contributed by atoms with E-state index in [-0.39, 0.29) is 24.7 Å². The molecule has 10 heteroatoms. The maximum absolute atomic E-state index is 11.8. The molecule has 0 aliphatic carbocycles. The van der Waals surface area contributed by atoms with Gasteiger partial charge in [0.1, 0.15) is 12.1 Å². The molecule has 1 fully saturated rings. The summed E-state index contributed by atoms with van der Waals surface area (Å²) in [4.78, 5) is 47.1. The Hall–Kier alpha value is -1.42. The fourth-order valence-electron chi connectivity index (χ4n) is 1.96. The Morgan fingerprint density at radius 3 is 1.58 bits per heavy atom. The summed E-state index contributed by atoms with van der Waals surface area (Å²) in [6.07, 6.45) is 1.47. The number of carbonyl (C=O) groups is 4. The van der Waals surface area contributed by atoms with Gasteiger partial charge in [0, 0.05) is 24.3 Å². The van der Waals surface area contributed by atoms with Crippen molar-refractivity contribution in [3.05, 3.63) is 0 Å². The van der Waals surface area contributed by atoms with Crippen molar-refractivity contribution in [3.8, 4) is 0 Å². The molecule has 0 radical (unpaired) electrons. The van der Waals surface area contributed by atoms with Gasteiger partial charge >= 0.3 is 11.9 Å². The SMILES string of the molecule is COC(=O)[C@@H]1CSSC[C@@H](C(=O)OC)NC(=O)CCCCC(=O)N1. The van der Waals surface area contributed by atoms with E-state index in [0.717, 1.165) is 0 Å². The molecule has 2 amide bonds. The van der Waals surface area contributed by atoms with Gasteiger partial charge in [0.25, 0.3) is 0 Å². The normalized spacial score (nSPS) is 24.1. The van der Waals surface area contributed by atoms with Gasteiger partial charge < -0.3 is 20.1 Å². The van der Waals surface area contributed by atoms with Gasteiger partial charge in [-0.25, -0.2) is 9.59 Å². The molecule has 0 bridgehead atoms. The zero-order valence-corrected chi connectivity index (χ0v) is 15.3. The van der Waals surface area contributed by atoms with E-state index in [1.54, 1.807) is 0 Å². The largest absolute Gasteiger partial charge is 0.467 e. The van der Waals surface area contributed by atoms with Crippen molar-refractivity contribution in [1.82, 2.24) is 10.6 Å². The molecule has 136 valence electrons. The Balaban J connectivity index is 2.72. The summed E-state index contributed by atoms with van der Waals surface area (Å²) in [5, 5.41) is 5.28.